The molecule has 0 aliphatic heterocycles. The van der Waals surface area contributed by atoms with Crippen molar-refractivity contribution < 1.29 is 9.53 Å². The first kappa shape index (κ1) is 25.0. The number of ether oxygens (including phenoxy) is 1. The maximum absolute atomic E-state index is 12.2. The van der Waals surface area contributed by atoms with Gasteiger partial charge in [-0.2, -0.15) is 0 Å². The maximum Gasteiger partial charge on any atom is 0.339 e. The van der Waals surface area contributed by atoms with Crippen molar-refractivity contribution >= 4 is 28.7 Å². The number of methoxy groups -OCH3 is 1. The first-order chi connectivity index (χ1) is 18.1. The largest absolute Gasteiger partial charge is 0.465 e. The molecule has 4 aliphatic carbocycles. The van der Waals surface area contributed by atoms with Crippen molar-refractivity contribution in [3.63, 3.8) is 0 Å². The first-order valence-electron chi connectivity index (χ1n) is 14.0. The lowest BCUT2D eigenvalue weighted by atomic mass is 9.39. The number of para-hydroxylation sites is 1. The minimum Gasteiger partial charge on any atom is -0.465 e. The number of carbonyl (C=O) groups excluding carboxylic acids is 1. The highest BCUT2D eigenvalue weighted by atomic mass is 16.5. The third kappa shape index (κ3) is 4.19. The van der Waals surface area contributed by atoms with Crippen LogP contribution in [0.3, 0.4) is 0 Å². The van der Waals surface area contributed by atoms with Crippen molar-refractivity contribution in [3.8, 4) is 0 Å². The predicted molar refractivity (Wildman–Crippen MR) is 156 cm³/mol. The maximum atomic E-state index is 12.2. The van der Waals surface area contributed by atoms with Crippen LogP contribution in [0.5, 0.6) is 0 Å². The van der Waals surface area contributed by atoms with E-state index in [1.54, 1.807) is 11.6 Å². The fourth-order valence-corrected chi connectivity index (χ4v) is 9.04. The molecule has 4 fully saturated rings. The smallest absolute Gasteiger partial charge is 0.339 e. The second kappa shape index (κ2) is 8.90. The van der Waals surface area contributed by atoms with Crippen LogP contribution < -0.4 is 9.80 Å². The van der Waals surface area contributed by atoms with E-state index in [1.165, 1.54) is 51.3 Å². The van der Waals surface area contributed by atoms with Crippen LogP contribution >= 0.6 is 0 Å². The van der Waals surface area contributed by atoms with Crippen molar-refractivity contribution in [3.05, 3.63) is 83.9 Å². The van der Waals surface area contributed by atoms with Crippen molar-refractivity contribution in [1.82, 2.24) is 0 Å². The number of hydrogen-bond acceptors (Lipinski definition) is 4. The zero-order valence-electron chi connectivity index (χ0n) is 23.5. The van der Waals surface area contributed by atoms with E-state index < -0.39 is 0 Å². The molecule has 0 spiro atoms. The van der Waals surface area contributed by atoms with Crippen LogP contribution in [0.2, 0.25) is 0 Å². The summed E-state index contributed by atoms with van der Waals surface area (Å²) < 4.78 is 4.98. The van der Waals surface area contributed by atoms with E-state index in [0.29, 0.717) is 21.8 Å². The SMILES string of the molecule is COC(=O)c1ccccc1N(C)c1ccc(N(C)c2ccc(C34CC5CC(C)(CC(C)(C5)C3)C4)cc2)cc1. The van der Waals surface area contributed by atoms with Gasteiger partial charge in [-0.05, 0) is 115 Å². The van der Waals surface area contributed by atoms with E-state index >= 15 is 0 Å². The third-order valence-corrected chi connectivity index (χ3v) is 9.79. The lowest BCUT2D eigenvalue weighted by Crippen LogP contribution is -2.56. The minimum atomic E-state index is -0.330. The van der Waals surface area contributed by atoms with E-state index in [4.69, 9.17) is 4.74 Å². The molecule has 38 heavy (non-hydrogen) atoms. The number of nitrogens with zero attached hydrogens (tertiary/aromatic N) is 2. The highest BCUT2D eigenvalue weighted by Gasteiger charge is 2.60. The predicted octanol–water partition coefficient (Wildman–Crippen LogP) is 8.26. The van der Waals surface area contributed by atoms with Crippen molar-refractivity contribution in [2.24, 2.45) is 16.7 Å². The summed E-state index contributed by atoms with van der Waals surface area (Å²) in [6.07, 6.45) is 8.37. The number of carbonyl (C=O) groups is 1. The van der Waals surface area contributed by atoms with Gasteiger partial charge in [0.25, 0.3) is 0 Å². The summed E-state index contributed by atoms with van der Waals surface area (Å²) in [6, 6.07) is 25.5. The molecule has 4 heteroatoms. The lowest BCUT2D eigenvalue weighted by molar-refractivity contribution is -0.110. The van der Waals surface area contributed by atoms with Crippen LogP contribution in [0, 0.1) is 16.7 Å². The van der Waals surface area contributed by atoms with Crippen LogP contribution in [0.15, 0.2) is 72.8 Å². The fraction of sp³-hybridized carbons (Fsp3) is 0.441. The average molecular weight is 509 g/mol. The Balaban J connectivity index is 1.20. The van der Waals surface area contributed by atoms with E-state index in [2.05, 4.69) is 74.3 Å². The Morgan fingerprint density at radius 1 is 0.737 bits per heavy atom. The van der Waals surface area contributed by atoms with Gasteiger partial charge in [-0.3, -0.25) is 0 Å². The summed E-state index contributed by atoms with van der Waals surface area (Å²) in [7, 11) is 5.53. The quantitative estimate of drug-likeness (QED) is 0.314. The molecular weight excluding hydrogens is 468 g/mol. The van der Waals surface area contributed by atoms with E-state index in [-0.39, 0.29) is 5.97 Å². The van der Waals surface area contributed by atoms with Crippen LogP contribution in [0.25, 0.3) is 0 Å². The topological polar surface area (TPSA) is 32.8 Å². The Kier molecular flexibility index (Phi) is 5.86. The molecule has 198 valence electrons. The number of anilines is 4. The summed E-state index contributed by atoms with van der Waals surface area (Å²) in [5.41, 5.74) is 7.69. The Labute approximate surface area is 227 Å². The molecule has 4 saturated carbocycles. The van der Waals surface area contributed by atoms with Crippen LogP contribution in [0.4, 0.5) is 22.7 Å². The molecule has 0 radical (unpaired) electrons. The molecule has 0 heterocycles. The fourth-order valence-electron chi connectivity index (χ4n) is 9.04. The van der Waals surface area contributed by atoms with Gasteiger partial charge in [0.05, 0.1) is 18.4 Å². The van der Waals surface area contributed by atoms with Gasteiger partial charge in [0.1, 0.15) is 0 Å². The average Bonchev–Trinajstić information content (AvgIpc) is 2.90. The molecule has 0 N–H and O–H groups in total. The molecule has 3 aromatic rings. The molecule has 0 aromatic heterocycles. The molecule has 3 aromatic carbocycles. The summed E-state index contributed by atoms with van der Waals surface area (Å²) in [4.78, 5) is 16.5. The highest BCUT2D eigenvalue weighted by molar-refractivity contribution is 5.96. The summed E-state index contributed by atoms with van der Waals surface area (Å²) in [5, 5.41) is 0. The second-order valence-corrected chi connectivity index (χ2v) is 13.1. The molecule has 4 bridgehead atoms. The van der Waals surface area contributed by atoms with Gasteiger partial charge >= 0.3 is 5.97 Å². The standard InChI is InChI=1S/C34H40N2O2/c1-32-18-24-19-33(2,21-32)23-34(20-24,22-32)25-10-12-26(13-11-25)35(3)27-14-16-28(17-15-27)36(4)30-9-7-6-8-29(30)31(37)38-5/h6-17,24H,18-23H2,1-5H3. The number of hydrogen-bond donors (Lipinski definition) is 0. The number of rotatable bonds is 6. The van der Waals surface area contributed by atoms with Gasteiger partial charge in [-0.25, -0.2) is 4.79 Å². The molecule has 7 rings (SSSR count). The first-order valence-corrected chi connectivity index (χ1v) is 14.0. The number of esters is 1. The number of benzene rings is 3. The Morgan fingerprint density at radius 2 is 1.26 bits per heavy atom. The van der Waals surface area contributed by atoms with Gasteiger partial charge in [0.2, 0.25) is 0 Å². The Bertz CT molecular complexity index is 1330. The monoisotopic (exact) mass is 508 g/mol. The second-order valence-electron chi connectivity index (χ2n) is 13.1. The van der Waals surface area contributed by atoms with E-state index in [9.17, 15) is 4.79 Å². The summed E-state index contributed by atoms with van der Waals surface area (Å²) in [5.74, 6) is 0.573. The van der Waals surface area contributed by atoms with Gasteiger partial charge in [-0.1, -0.05) is 38.1 Å². The molecule has 0 amide bonds. The molecular formula is C34H40N2O2. The van der Waals surface area contributed by atoms with Crippen LogP contribution in [-0.4, -0.2) is 27.2 Å². The van der Waals surface area contributed by atoms with Gasteiger partial charge in [0.15, 0.2) is 0 Å². The van der Waals surface area contributed by atoms with Crippen LogP contribution in [-0.2, 0) is 10.2 Å². The van der Waals surface area contributed by atoms with Gasteiger partial charge in [0, 0.05) is 31.2 Å². The molecule has 2 unspecified atom stereocenters. The van der Waals surface area contributed by atoms with Crippen molar-refractivity contribution in [1.29, 1.82) is 0 Å². The summed E-state index contributed by atoms with van der Waals surface area (Å²) >= 11 is 0. The Morgan fingerprint density at radius 3 is 1.82 bits per heavy atom. The van der Waals surface area contributed by atoms with Crippen molar-refractivity contribution in [2.75, 3.05) is 31.0 Å². The van der Waals surface area contributed by atoms with Gasteiger partial charge in [-0.15, -0.1) is 0 Å². The zero-order chi connectivity index (χ0) is 26.7. The minimum absolute atomic E-state index is 0.330. The van der Waals surface area contributed by atoms with Crippen molar-refractivity contribution in [2.45, 2.75) is 57.8 Å². The van der Waals surface area contributed by atoms with Gasteiger partial charge < -0.3 is 14.5 Å². The lowest BCUT2D eigenvalue weighted by Gasteiger charge is -2.65. The van der Waals surface area contributed by atoms with E-state index in [0.717, 1.165) is 23.0 Å². The molecule has 2 atom stereocenters. The van der Waals surface area contributed by atoms with Crippen LogP contribution in [0.1, 0.15) is 68.3 Å². The molecule has 4 aliphatic rings. The molecule has 0 saturated heterocycles. The summed E-state index contributed by atoms with van der Waals surface area (Å²) in [6.45, 7) is 5.11. The zero-order valence-corrected chi connectivity index (χ0v) is 23.5. The van der Waals surface area contributed by atoms with E-state index in [1.807, 2.05) is 30.1 Å². The molecule has 4 nitrogen and oxygen atoms in total. The Hall–Kier alpha value is -3.27. The third-order valence-electron chi connectivity index (χ3n) is 9.79. The normalized spacial score (nSPS) is 29.2. The highest BCUT2D eigenvalue weighted by Crippen LogP contribution is 2.69.